The Hall–Kier alpha value is -2.57. The summed E-state index contributed by atoms with van der Waals surface area (Å²) in [5, 5.41) is 0.862. The second-order valence-electron chi connectivity index (χ2n) is 4.08. The molecule has 3 rings (SSSR count). The predicted molar refractivity (Wildman–Crippen MR) is 66.1 cm³/mol. The molecule has 0 bridgehead atoms. The lowest BCUT2D eigenvalue weighted by Gasteiger charge is -2.14. The van der Waals surface area contributed by atoms with Crippen molar-refractivity contribution in [2.75, 3.05) is 0 Å². The SMILES string of the molecule is O=c1ccc2ccc3ncccc3c2n1OC(F)(F)F. The second kappa shape index (κ2) is 4.22. The van der Waals surface area contributed by atoms with Crippen LogP contribution in [0, 0.1) is 0 Å². The number of aromatic nitrogens is 2. The Morgan fingerprint density at radius 1 is 1.10 bits per heavy atom. The molecule has 0 aliphatic carbocycles. The molecule has 2 heterocycles. The number of nitrogens with zero attached hydrogens (tertiary/aromatic N) is 2. The molecule has 0 atom stereocenters. The van der Waals surface area contributed by atoms with Gasteiger partial charge in [-0.2, -0.15) is 0 Å². The molecular weight excluding hydrogens is 273 g/mol. The van der Waals surface area contributed by atoms with E-state index in [1.165, 1.54) is 12.3 Å². The van der Waals surface area contributed by atoms with E-state index in [2.05, 4.69) is 9.82 Å². The smallest absolute Gasteiger partial charge is 0.309 e. The second-order valence-corrected chi connectivity index (χ2v) is 4.08. The molecule has 0 aliphatic heterocycles. The van der Waals surface area contributed by atoms with Crippen LogP contribution in [0.2, 0.25) is 0 Å². The van der Waals surface area contributed by atoms with E-state index >= 15 is 0 Å². The Kier molecular flexibility index (Phi) is 2.63. The molecule has 3 aromatic rings. The maximum atomic E-state index is 12.5. The minimum Gasteiger partial charge on any atom is -0.309 e. The number of pyridine rings is 2. The number of benzene rings is 1. The fourth-order valence-electron chi connectivity index (χ4n) is 2.05. The normalized spacial score (nSPS) is 11.9. The maximum absolute atomic E-state index is 12.5. The van der Waals surface area contributed by atoms with Crippen LogP contribution in [0.25, 0.3) is 21.8 Å². The van der Waals surface area contributed by atoms with Crippen LogP contribution in [-0.4, -0.2) is 16.1 Å². The summed E-state index contributed by atoms with van der Waals surface area (Å²) in [5.41, 5.74) is -0.378. The third-order valence-electron chi connectivity index (χ3n) is 2.79. The first-order valence-corrected chi connectivity index (χ1v) is 5.61. The molecule has 0 aliphatic rings. The van der Waals surface area contributed by atoms with Gasteiger partial charge in [-0.05, 0) is 24.3 Å². The molecule has 0 spiro atoms. The lowest BCUT2D eigenvalue weighted by molar-refractivity contribution is -0.322. The molecule has 0 radical (unpaired) electrons. The van der Waals surface area contributed by atoms with E-state index in [1.807, 2.05) is 0 Å². The lowest BCUT2D eigenvalue weighted by atomic mass is 10.1. The van der Waals surface area contributed by atoms with Gasteiger partial charge in [0, 0.05) is 23.0 Å². The zero-order valence-corrected chi connectivity index (χ0v) is 9.89. The zero-order chi connectivity index (χ0) is 14.3. The predicted octanol–water partition coefficient (Wildman–Crippen LogP) is 2.50. The molecule has 4 nitrogen and oxygen atoms in total. The number of hydrogen-bond donors (Lipinski definition) is 0. The molecular formula is C13H7F3N2O2. The summed E-state index contributed by atoms with van der Waals surface area (Å²) in [7, 11) is 0. The van der Waals surface area contributed by atoms with Crippen LogP contribution in [0.3, 0.4) is 0 Å². The molecule has 0 saturated carbocycles. The van der Waals surface area contributed by atoms with Gasteiger partial charge in [-0.1, -0.05) is 6.07 Å². The van der Waals surface area contributed by atoms with Crippen molar-refractivity contribution in [3.63, 3.8) is 0 Å². The van der Waals surface area contributed by atoms with E-state index in [-0.39, 0.29) is 10.2 Å². The molecule has 7 heteroatoms. The van der Waals surface area contributed by atoms with E-state index in [9.17, 15) is 18.0 Å². The van der Waals surface area contributed by atoms with Crippen LogP contribution >= 0.6 is 0 Å². The highest BCUT2D eigenvalue weighted by molar-refractivity contribution is 6.03. The largest absolute Gasteiger partial charge is 0.591 e. The van der Waals surface area contributed by atoms with Gasteiger partial charge in [-0.3, -0.25) is 9.78 Å². The van der Waals surface area contributed by atoms with E-state index in [0.717, 1.165) is 6.07 Å². The van der Waals surface area contributed by atoms with Gasteiger partial charge in [-0.15, -0.1) is 17.9 Å². The van der Waals surface area contributed by atoms with Crippen molar-refractivity contribution in [2.45, 2.75) is 6.36 Å². The summed E-state index contributed by atoms with van der Waals surface area (Å²) in [6.07, 6.45) is -3.44. The van der Waals surface area contributed by atoms with Gasteiger partial charge in [0.05, 0.1) is 5.52 Å². The van der Waals surface area contributed by atoms with E-state index in [4.69, 9.17) is 0 Å². The fraction of sp³-hybridized carbons (Fsp3) is 0.0769. The van der Waals surface area contributed by atoms with Crippen molar-refractivity contribution < 1.29 is 18.0 Å². The first kappa shape index (κ1) is 12.5. The van der Waals surface area contributed by atoms with Gasteiger partial charge in [0.15, 0.2) is 0 Å². The Balaban J connectivity index is 2.45. The summed E-state index contributed by atoms with van der Waals surface area (Å²) in [4.78, 5) is 19.5. The zero-order valence-electron chi connectivity index (χ0n) is 9.89. The van der Waals surface area contributed by atoms with Crippen LogP contribution in [0.15, 0.2) is 47.4 Å². The minimum atomic E-state index is -4.96. The van der Waals surface area contributed by atoms with Gasteiger partial charge in [0.1, 0.15) is 5.52 Å². The molecule has 0 saturated heterocycles. The standard InChI is InChI=1S/C13H7F3N2O2/c14-13(15,16)20-18-11(19)6-4-8-3-5-10-9(12(8)18)2-1-7-17-10/h1-7H. The Labute approximate surface area is 110 Å². The van der Waals surface area contributed by atoms with E-state index in [0.29, 0.717) is 16.3 Å². The van der Waals surface area contributed by atoms with Crippen molar-refractivity contribution in [3.05, 3.63) is 52.9 Å². The van der Waals surface area contributed by atoms with Gasteiger partial charge in [0.25, 0.3) is 5.56 Å². The van der Waals surface area contributed by atoms with E-state index in [1.54, 1.807) is 24.3 Å². The molecule has 102 valence electrons. The number of hydrogen-bond acceptors (Lipinski definition) is 3. The Bertz CT molecular complexity index is 855. The van der Waals surface area contributed by atoms with Gasteiger partial charge in [-0.25, -0.2) is 0 Å². The number of alkyl halides is 3. The topological polar surface area (TPSA) is 44.1 Å². The number of fused-ring (bicyclic) bond motifs is 3. The van der Waals surface area contributed by atoms with Crippen molar-refractivity contribution >= 4 is 21.8 Å². The highest BCUT2D eigenvalue weighted by atomic mass is 19.4. The molecule has 0 amide bonds. The highest BCUT2D eigenvalue weighted by Gasteiger charge is 2.33. The number of rotatable bonds is 1. The quantitative estimate of drug-likeness (QED) is 0.643. The van der Waals surface area contributed by atoms with Crippen LogP contribution < -0.4 is 10.4 Å². The van der Waals surface area contributed by atoms with Crippen molar-refractivity contribution in [2.24, 2.45) is 0 Å². The summed E-state index contributed by atoms with van der Waals surface area (Å²) >= 11 is 0. The van der Waals surface area contributed by atoms with Crippen molar-refractivity contribution in [1.82, 2.24) is 9.71 Å². The third-order valence-corrected chi connectivity index (χ3v) is 2.79. The molecule has 0 fully saturated rings. The van der Waals surface area contributed by atoms with Crippen LogP contribution in [0.4, 0.5) is 13.2 Å². The third kappa shape index (κ3) is 2.07. The summed E-state index contributed by atoms with van der Waals surface area (Å²) in [6.45, 7) is 0. The van der Waals surface area contributed by atoms with Crippen molar-refractivity contribution in [3.8, 4) is 0 Å². The van der Waals surface area contributed by atoms with Crippen LogP contribution in [0.5, 0.6) is 0 Å². The van der Waals surface area contributed by atoms with Gasteiger partial charge >= 0.3 is 6.36 Å². The van der Waals surface area contributed by atoms with Crippen LogP contribution in [-0.2, 0) is 0 Å². The first-order valence-electron chi connectivity index (χ1n) is 5.61. The first-order chi connectivity index (χ1) is 9.46. The molecule has 0 unspecified atom stereocenters. The average molecular weight is 280 g/mol. The van der Waals surface area contributed by atoms with Crippen molar-refractivity contribution in [1.29, 1.82) is 0 Å². The Morgan fingerprint density at radius 3 is 2.60 bits per heavy atom. The van der Waals surface area contributed by atoms with Crippen LogP contribution in [0.1, 0.15) is 0 Å². The molecule has 1 aromatic carbocycles. The molecule has 0 N–H and O–H groups in total. The lowest BCUT2D eigenvalue weighted by Crippen LogP contribution is -2.35. The maximum Gasteiger partial charge on any atom is 0.591 e. The monoisotopic (exact) mass is 280 g/mol. The van der Waals surface area contributed by atoms with Gasteiger partial charge < -0.3 is 4.84 Å². The number of halogens is 3. The van der Waals surface area contributed by atoms with Gasteiger partial charge in [0.2, 0.25) is 0 Å². The molecule has 2 aromatic heterocycles. The summed E-state index contributed by atoms with van der Waals surface area (Å²) < 4.78 is 37.6. The highest BCUT2D eigenvalue weighted by Crippen LogP contribution is 2.23. The van der Waals surface area contributed by atoms with E-state index < -0.39 is 11.9 Å². The summed E-state index contributed by atoms with van der Waals surface area (Å²) in [6, 6.07) is 8.88. The average Bonchev–Trinajstić information content (AvgIpc) is 2.40. The summed E-state index contributed by atoms with van der Waals surface area (Å²) in [5.74, 6) is 0. The fourth-order valence-corrected chi connectivity index (χ4v) is 2.05. The minimum absolute atomic E-state index is 0.0421. The molecule has 20 heavy (non-hydrogen) atoms. The Morgan fingerprint density at radius 2 is 1.85 bits per heavy atom.